The van der Waals surface area contributed by atoms with Crippen LogP contribution >= 0.6 is 12.2 Å². The second kappa shape index (κ2) is 6.29. The van der Waals surface area contributed by atoms with E-state index < -0.39 is 0 Å². The minimum Gasteiger partial charge on any atom is -0.332 e. The van der Waals surface area contributed by atoms with E-state index in [4.69, 9.17) is 12.2 Å². The van der Waals surface area contributed by atoms with Crippen molar-refractivity contribution in [3.8, 4) is 0 Å². The van der Waals surface area contributed by atoms with Crippen molar-refractivity contribution in [2.75, 3.05) is 10.6 Å². The Balaban J connectivity index is 2.07. The number of anilines is 2. The van der Waals surface area contributed by atoms with Gasteiger partial charge in [-0.3, -0.25) is 0 Å². The minimum absolute atomic E-state index is 0.446. The number of hydrogen-bond acceptors (Lipinski definition) is 2. The van der Waals surface area contributed by atoms with Crippen molar-refractivity contribution < 1.29 is 0 Å². The molecule has 2 N–H and O–H groups in total. The number of para-hydroxylation sites is 1. The number of thiocarbonyl (C=S) groups is 1. The lowest BCUT2D eigenvalue weighted by Gasteiger charge is -2.15. The third-order valence-corrected chi connectivity index (χ3v) is 2.94. The smallest absolute Gasteiger partial charge is 0.176 e. The first-order chi connectivity index (χ1) is 9.16. The van der Waals surface area contributed by atoms with Crippen molar-refractivity contribution >= 4 is 28.8 Å². The number of rotatable bonds is 3. The summed E-state index contributed by atoms with van der Waals surface area (Å²) in [6.45, 7) is 4.32. The van der Waals surface area contributed by atoms with E-state index in [1.165, 1.54) is 5.56 Å². The second-order valence-electron chi connectivity index (χ2n) is 4.54. The third kappa shape index (κ3) is 3.76. The summed E-state index contributed by atoms with van der Waals surface area (Å²) in [7, 11) is 0. The highest BCUT2D eigenvalue weighted by Crippen LogP contribution is 2.23. The molecule has 2 rings (SSSR count). The Labute approximate surface area is 119 Å². The van der Waals surface area contributed by atoms with Gasteiger partial charge in [0.2, 0.25) is 0 Å². The Morgan fingerprint density at radius 3 is 2.47 bits per heavy atom. The van der Waals surface area contributed by atoms with E-state index in [2.05, 4.69) is 35.5 Å². The first kappa shape index (κ1) is 13.5. The summed E-state index contributed by atoms with van der Waals surface area (Å²) in [5.74, 6) is 1.18. The number of benzene rings is 1. The van der Waals surface area contributed by atoms with E-state index in [-0.39, 0.29) is 0 Å². The molecule has 4 heteroatoms. The van der Waals surface area contributed by atoms with Crippen LogP contribution in [0.1, 0.15) is 25.3 Å². The van der Waals surface area contributed by atoms with Gasteiger partial charge >= 0.3 is 0 Å². The fraction of sp³-hybridized carbons (Fsp3) is 0.200. The molecule has 0 spiro atoms. The van der Waals surface area contributed by atoms with Gasteiger partial charge in [-0.1, -0.05) is 38.1 Å². The maximum absolute atomic E-state index is 5.30. The number of hydrogen-bond donors (Lipinski definition) is 2. The van der Waals surface area contributed by atoms with Gasteiger partial charge in [0.25, 0.3) is 0 Å². The van der Waals surface area contributed by atoms with Crippen LogP contribution in [0.4, 0.5) is 11.5 Å². The van der Waals surface area contributed by atoms with Gasteiger partial charge in [0, 0.05) is 11.9 Å². The molecule has 0 aliphatic carbocycles. The summed E-state index contributed by atoms with van der Waals surface area (Å²) in [5.41, 5.74) is 2.28. The van der Waals surface area contributed by atoms with Gasteiger partial charge in [0.1, 0.15) is 5.82 Å². The number of nitrogens with one attached hydrogen (secondary N) is 2. The van der Waals surface area contributed by atoms with Gasteiger partial charge in [-0.25, -0.2) is 4.98 Å². The van der Waals surface area contributed by atoms with Crippen LogP contribution in [0.3, 0.4) is 0 Å². The molecule has 19 heavy (non-hydrogen) atoms. The Morgan fingerprint density at radius 1 is 1.05 bits per heavy atom. The second-order valence-corrected chi connectivity index (χ2v) is 4.94. The largest absolute Gasteiger partial charge is 0.332 e. The van der Waals surface area contributed by atoms with Crippen molar-refractivity contribution in [2.24, 2.45) is 0 Å². The summed E-state index contributed by atoms with van der Waals surface area (Å²) >= 11 is 5.30. The van der Waals surface area contributed by atoms with E-state index >= 15 is 0 Å². The van der Waals surface area contributed by atoms with Crippen LogP contribution in [0.5, 0.6) is 0 Å². The number of nitrogens with zero attached hydrogens (tertiary/aromatic N) is 1. The van der Waals surface area contributed by atoms with Gasteiger partial charge in [0.15, 0.2) is 5.11 Å². The maximum atomic E-state index is 5.30. The Hall–Kier alpha value is -1.94. The standard InChI is InChI=1S/C15H17N3S/c1-11(2)12-7-3-4-8-13(12)17-15(19)18-14-9-5-6-10-16-14/h3-11H,1-2H3,(H2,16,17,18,19). The first-order valence-corrected chi connectivity index (χ1v) is 6.65. The normalized spacial score (nSPS) is 10.3. The van der Waals surface area contributed by atoms with Crippen molar-refractivity contribution in [3.05, 3.63) is 54.2 Å². The molecule has 98 valence electrons. The molecule has 2 aromatic rings. The highest BCUT2D eigenvalue weighted by Gasteiger charge is 2.07. The van der Waals surface area contributed by atoms with Crippen molar-refractivity contribution in [1.29, 1.82) is 0 Å². The monoisotopic (exact) mass is 271 g/mol. The Bertz CT molecular complexity index is 552. The topological polar surface area (TPSA) is 37.0 Å². The van der Waals surface area contributed by atoms with Gasteiger partial charge in [-0.2, -0.15) is 0 Å². The molecule has 3 nitrogen and oxygen atoms in total. The molecule has 0 fully saturated rings. The Morgan fingerprint density at radius 2 is 1.79 bits per heavy atom. The fourth-order valence-electron chi connectivity index (χ4n) is 1.82. The molecule has 0 radical (unpaired) electrons. The molecule has 0 saturated carbocycles. The van der Waals surface area contributed by atoms with Crippen LogP contribution in [0.25, 0.3) is 0 Å². The summed E-state index contributed by atoms with van der Waals surface area (Å²) in [4.78, 5) is 4.18. The summed E-state index contributed by atoms with van der Waals surface area (Å²) in [5, 5.41) is 6.83. The van der Waals surface area contributed by atoms with E-state index in [0.29, 0.717) is 11.0 Å². The average molecular weight is 271 g/mol. The van der Waals surface area contributed by atoms with E-state index in [0.717, 1.165) is 11.5 Å². The predicted molar refractivity (Wildman–Crippen MR) is 84.6 cm³/mol. The lowest BCUT2D eigenvalue weighted by atomic mass is 10.0. The summed E-state index contributed by atoms with van der Waals surface area (Å²) < 4.78 is 0. The molecular formula is C15H17N3S. The molecule has 0 aliphatic heterocycles. The summed E-state index contributed by atoms with van der Waals surface area (Å²) in [6, 6.07) is 13.8. The SMILES string of the molecule is CC(C)c1ccccc1NC(=S)Nc1ccccn1. The van der Waals surface area contributed by atoms with Crippen molar-refractivity contribution in [1.82, 2.24) is 4.98 Å². The van der Waals surface area contributed by atoms with Gasteiger partial charge < -0.3 is 10.6 Å². The molecule has 0 saturated heterocycles. The molecule has 0 bridgehead atoms. The van der Waals surface area contributed by atoms with Crippen LogP contribution in [0.15, 0.2) is 48.7 Å². The van der Waals surface area contributed by atoms with Gasteiger partial charge in [0.05, 0.1) is 0 Å². The molecule has 1 aromatic carbocycles. The molecular weight excluding hydrogens is 254 g/mol. The zero-order valence-electron chi connectivity index (χ0n) is 11.1. The van der Waals surface area contributed by atoms with Crippen LogP contribution < -0.4 is 10.6 Å². The van der Waals surface area contributed by atoms with Crippen LogP contribution in [-0.2, 0) is 0 Å². The lowest BCUT2D eigenvalue weighted by molar-refractivity contribution is 0.869. The zero-order valence-corrected chi connectivity index (χ0v) is 11.9. The van der Waals surface area contributed by atoms with Crippen LogP contribution in [0, 0.1) is 0 Å². The molecule has 0 unspecified atom stereocenters. The zero-order chi connectivity index (χ0) is 13.7. The average Bonchev–Trinajstić information content (AvgIpc) is 2.40. The molecule has 0 amide bonds. The minimum atomic E-state index is 0.446. The first-order valence-electron chi connectivity index (χ1n) is 6.25. The van der Waals surface area contributed by atoms with E-state index in [1.807, 2.05) is 36.4 Å². The summed E-state index contributed by atoms with van der Waals surface area (Å²) in [6.07, 6.45) is 1.73. The quantitative estimate of drug-likeness (QED) is 0.827. The van der Waals surface area contributed by atoms with Gasteiger partial charge in [-0.05, 0) is 41.9 Å². The number of aromatic nitrogens is 1. The lowest BCUT2D eigenvalue weighted by Crippen LogP contribution is -2.20. The van der Waals surface area contributed by atoms with Crippen molar-refractivity contribution in [3.63, 3.8) is 0 Å². The fourth-order valence-corrected chi connectivity index (χ4v) is 2.04. The van der Waals surface area contributed by atoms with Crippen molar-refractivity contribution in [2.45, 2.75) is 19.8 Å². The number of pyridine rings is 1. The molecule has 1 heterocycles. The van der Waals surface area contributed by atoms with Crippen LogP contribution in [-0.4, -0.2) is 10.1 Å². The maximum Gasteiger partial charge on any atom is 0.176 e. The molecule has 0 aliphatic rings. The highest BCUT2D eigenvalue weighted by atomic mass is 32.1. The van der Waals surface area contributed by atoms with Crippen LogP contribution in [0.2, 0.25) is 0 Å². The third-order valence-electron chi connectivity index (χ3n) is 2.74. The van der Waals surface area contributed by atoms with E-state index in [1.54, 1.807) is 6.20 Å². The predicted octanol–water partition coefficient (Wildman–Crippen LogP) is 4.01. The highest BCUT2D eigenvalue weighted by molar-refractivity contribution is 7.80. The molecule has 1 aromatic heterocycles. The molecule has 0 atom stereocenters. The van der Waals surface area contributed by atoms with E-state index in [9.17, 15) is 0 Å². The Kier molecular flexibility index (Phi) is 4.47. The van der Waals surface area contributed by atoms with Gasteiger partial charge in [-0.15, -0.1) is 0 Å².